The molecule has 3 heteroatoms. The van der Waals surface area contributed by atoms with Crippen molar-refractivity contribution in [1.29, 1.82) is 5.26 Å². The zero-order chi connectivity index (χ0) is 15.2. The van der Waals surface area contributed by atoms with Crippen molar-refractivity contribution in [2.24, 2.45) is 11.8 Å². The zero-order valence-electron chi connectivity index (χ0n) is 12.5. The molecule has 2 atom stereocenters. The molecule has 1 aliphatic rings. The van der Waals surface area contributed by atoms with Crippen LogP contribution >= 0.6 is 11.3 Å². The van der Waals surface area contributed by atoms with Gasteiger partial charge in [-0.25, -0.2) is 4.39 Å². The van der Waals surface area contributed by atoms with E-state index in [9.17, 15) is 9.65 Å². The predicted molar refractivity (Wildman–Crippen MR) is 84.7 cm³/mol. The molecule has 0 saturated carbocycles. The molecule has 1 aromatic carbocycles. The van der Waals surface area contributed by atoms with Crippen LogP contribution in [-0.4, -0.2) is 0 Å². The summed E-state index contributed by atoms with van der Waals surface area (Å²) in [6.07, 6.45) is 0.917. The van der Waals surface area contributed by atoms with E-state index < -0.39 is 5.41 Å². The van der Waals surface area contributed by atoms with Crippen molar-refractivity contribution in [2.45, 2.75) is 32.6 Å². The van der Waals surface area contributed by atoms with Gasteiger partial charge in [-0.2, -0.15) is 5.26 Å². The third-order valence-electron chi connectivity index (χ3n) is 4.76. The van der Waals surface area contributed by atoms with Gasteiger partial charge in [-0.15, -0.1) is 11.3 Å². The number of thiophene rings is 1. The Labute approximate surface area is 129 Å². The van der Waals surface area contributed by atoms with Crippen LogP contribution in [0.1, 0.15) is 31.2 Å². The minimum atomic E-state index is -0.435. The van der Waals surface area contributed by atoms with Crippen LogP contribution in [0.15, 0.2) is 30.3 Å². The van der Waals surface area contributed by atoms with E-state index in [1.54, 1.807) is 17.4 Å². The summed E-state index contributed by atoms with van der Waals surface area (Å²) >= 11 is 1.64. The number of halogens is 1. The number of rotatable bonds is 2. The summed E-state index contributed by atoms with van der Waals surface area (Å²) in [7, 11) is 0. The van der Waals surface area contributed by atoms with Crippen LogP contribution < -0.4 is 0 Å². The molecular weight excluding hydrogens is 281 g/mol. The fourth-order valence-corrected chi connectivity index (χ4v) is 5.00. The fraction of sp³-hybridized carbons (Fsp3) is 0.389. The first-order chi connectivity index (χ1) is 10.0. The quantitative estimate of drug-likeness (QED) is 0.751. The second-order valence-corrected chi connectivity index (χ2v) is 7.30. The summed E-state index contributed by atoms with van der Waals surface area (Å²) in [5, 5.41) is 9.82. The predicted octanol–water partition coefficient (Wildman–Crippen LogP) is 5.16. The minimum absolute atomic E-state index is 0.197. The number of fused-ring (bicyclic) bond motifs is 1. The van der Waals surface area contributed by atoms with Crippen LogP contribution in [0.5, 0.6) is 0 Å². The number of nitriles is 1. The van der Waals surface area contributed by atoms with Crippen molar-refractivity contribution in [3.8, 4) is 16.5 Å². The maximum atomic E-state index is 14.0. The van der Waals surface area contributed by atoms with Crippen LogP contribution in [0.2, 0.25) is 0 Å². The van der Waals surface area contributed by atoms with Gasteiger partial charge >= 0.3 is 0 Å². The number of benzene rings is 1. The zero-order valence-corrected chi connectivity index (χ0v) is 13.3. The van der Waals surface area contributed by atoms with Crippen molar-refractivity contribution in [2.75, 3.05) is 0 Å². The average molecular weight is 299 g/mol. The van der Waals surface area contributed by atoms with E-state index in [1.165, 1.54) is 10.9 Å². The van der Waals surface area contributed by atoms with Gasteiger partial charge < -0.3 is 0 Å². The first kappa shape index (κ1) is 14.3. The maximum Gasteiger partial charge on any atom is 0.131 e. The van der Waals surface area contributed by atoms with E-state index in [0.717, 1.165) is 16.9 Å². The van der Waals surface area contributed by atoms with Crippen molar-refractivity contribution in [1.82, 2.24) is 0 Å². The van der Waals surface area contributed by atoms with Gasteiger partial charge in [0, 0.05) is 15.3 Å². The molecule has 1 aromatic heterocycles. The second-order valence-electron chi connectivity index (χ2n) is 6.17. The Hall–Kier alpha value is -1.66. The number of hydrogen-bond acceptors (Lipinski definition) is 2. The van der Waals surface area contributed by atoms with Gasteiger partial charge in [0.05, 0.1) is 11.5 Å². The fourth-order valence-electron chi connectivity index (χ4n) is 3.61. The molecule has 0 unspecified atom stereocenters. The van der Waals surface area contributed by atoms with Gasteiger partial charge in [0.1, 0.15) is 5.82 Å². The Morgan fingerprint density at radius 2 is 2.10 bits per heavy atom. The highest BCUT2D eigenvalue weighted by atomic mass is 32.1. The Morgan fingerprint density at radius 1 is 1.38 bits per heavy atom. The van der Waals surface area contributed by atoms with E-state index in [2.05, 4.69) is 26.8 Å². The van der Waals surface area contributed by atoms with Crippen LogP contribution in [0.3, 0.4) is 0 Å². The highest BCUT2D eigenvalue weighted by molar-refractivity contribution is 7.15. The van der Waals surface area contributed by atoms with Crippen molar-refractivity contribution >= 4 is 11.3 Å². The van der Waals surface area contributed by atoms with Gasteiger partial charge in [-0.05, 0) is 36.0 Å². The molecule has 0 bridgehead atoms. The third kappa shape index (κ3) is 1.93. The average Bonchev–Trinajstić information content (AvgIpc) is 2.94. The molecule has 0 saturated heterocycles. The molecule has 0 radical (unpaired) electrons. The van der Waals surface area contributed by atoms with Gasteiger partial charge in [0.2, 0.25) is 0 Å². The SMILES string of the molecule is CC(C)[C@@]1(C#N)c2cc(-c3ccccc3F)sc2C[C@@H]1C. The van der Waals surface area contributed by atoms with Gasteiger partial charge in [-0.3, -0.25) is 0 Å². The van der Waals surface area contributed by atoms with Crippen LogP contribution in [0, 0.1) is 29.0 Å². The smallest absolute Gasteiger partial charge is 0.131 e. The molecule has 1 nitrogen and oxygen atoms in total. The minimum Gasteiger partial charge on any atom is -0.206 e. The van der Waals surface area contributed by atoms with E-state index in [1.807, 2.05) is 18.2 Å². The first-order valence-electron chi connectivity index (χ1n) is 7.30. The molecule has 3 rings (SSSR count). The normalized spacial score (nSPS) is 24.1. The lowest BCUT2D eigenvalue weighted by atomic mass is 9.69. The molecule has 2 aromatic rings. The molecule has 0 fully saturated rings. The summed E-state index contributed by atoms with van der Waals surface area (Å²) in [5.74, 6) is 0.373. The van der Waals surface area contributed by atoms with E-state index in [0.29, 0.717) is 11.5 Å². The Balaban J connectivity index is 2.15. The van der Waals surface area contributed by atoms with Crippen LogP contribution in [0.25, 0.3) is 10.4 Å². The van der Waals surface area contributed by atoms with Crippen molar-refractivity contribution < 1.29 is 4.39 Å². The van der Waals surface area contributed by atoms with Gasteiger partial charge in [0.25, 0.3) is 0 Å². The molecule has 0 amide bonds. The third-order valence-corrected chi connectivity index (χ3v) is 5.95. The summed E-state index contributed by atoms with van der Waals surface area (Å²) < 4.78 is 14.0. The van der Waals surface area contributed by atoms with Crippen LogP contribution in [0.4, 0.5) is 4.39 Å². The monoisotopic (exact) mass is 299 g/mol. The molecule has 0 spiro atoms. The van der Waals surface area contributed by atoms with E-state index in [4.69, 9.17) is 0 Å². The first-order valence-corrected chi connectivity index (χ1v) is 8.11. The highest BCUT2D eigenvalue weighted by Crippen LogP contribution is 2.52. The molecule has 0 N–H and O–H groups in total. The largest absolute Gasteiger partial charge is 0.206 e. The topological polar surface area (TPSA) is 23.8 Å². The Kier molecular flexibility index (Phi) is 3.37. The number of hydrogen-bond donors (Lipinski definition) is 0. The summed E-state index contributed by atoms with van der Waals surface area (Å²) in [6.45, 7) is 6.36. The van der Waals surface area contributed by atoms with E-state index >= 15 is 0 Å². The van der Waals surface area contributed by atoms with Crippen LogP contribution in [-0.2, 0) is 11.8 Å². The Bertz CT molecular complexity index is 725. The molecule has 21 heavy (non-hydrogen) atoms. The highest BCUT2D eigenvalue weighted by Gasteiger charge is 2.48. The Morgan fingerprint density at radius 3 is 2.71 bits per heavy atom. The molecular formula is C18H18FNS. The maximum absolute atomic E-state index is 14.0. The lowest BCUT2D eigenvalue weighted by Gasteiger charge is -2.31. The van der Waals surface area contributed by atoms with Gasteiger partial charge in [-0.1, -0.05) is 39.0 Å². The molecule has 1 aliphatic carbocycles. The lowest BCUT2D eigenvalue weighted by Crippen LogP contribution is -2.34. The summed E-state index contributed by atoms with van der Waals surface area (Å²) in [4.78, 5) is 2.18. The second kappa shape index (κ2) is 4.96. The molecule has 108 valence electrons. The van der Waals surface area contributed by atoms with E-state index in [-0.39, 0.29) is 11.7 Å². The lowest BCUT2D eigenvalue weighted by molar-refractivity contribution is 0.302. The van der Waals surface area contributed by atoms with Crippen molar-refractivity contribution in [3.05, 3.63) is 46.6 Å². The van der Waals surface area contributed by atoms with Gasteiger partial charge in [0.15, 0.2) is 0 Å². The standard InChI is InChI=1S/C18H18FNS/c1-11(2)18(10-20)12(3)8-17-14(18)9-16(21-17)13-6-4-5-7-15(13)19/h4-7,9,11-12H,8H2,1-3H3/t12-,18+/m0/s1. The summed E-state index contributed by atoms with van der Waals surface area (Å²) in [5.41, 5.74) is 1.32. The summed E-state index contributed by atoms with van der Waals surface area (Å²) in [6, 6.07) is 11.5. The molecule has 1 heterocycles. The van der Waals surface area contributed by atoms with Crippen molar-refractivity contribution in [3.63, 3.8) is 0 Å². The molecule has 0 aliphatic heterocycles. The number of nitrogens with zero attached hydrogens (tertiary/aromatic N) is 1.